The minimum absolute atomic E-state index is 0.237. The van der Waals surface area contributed by atoms with E-state index in [1.54, 1.807) is 42.1 Å². The number of hydrogen-bond donors (Lipinski definition) is 0. The van der Waals surface area contributed by atoms with Gasteiger partial charge in [-0.2, -0.15) is 11.8 Å². The number of carbonyl (C=O) groups excluding carboxylic acids is 2. The highest BCUT2D eigenvalue weighted by Gasteiger charge is 2.23. The van der Waals surface area contributed by atoms with Gasteiger partial charge >= 0.3 is 5.97 Å². The first-order valence-electron chi connectivity index (χ1n) is 8.72. The van der Waals surface area contributed by atoms with Crippen LogP contribution in [0.5, 0.6) is 0 Å². The van der Waals surface area contributed by atoms with Crippen LogP contribution in [-0.4, -0.2) is 73.0 Å². The summed E-state index contributed by atoms with van der Waals surface area (Å²) in [4.78, 5) is 26.2. The van der Waals surface area contributed by atoms with E-state index in [1.165, 1.54) is 6.08 Å². The van der Waals surface area contributed by atoms with Crippen molar-refractivity contribution >= 4 is 52.8 Å². The van der Waals surface area contributed by atoms with Crippen molar-refractivity contribution in [2.75, 3.05) is 51.0 Å². The molecule has 148 valence electrons. The highest BCUT2D eigenvalue weighted by molar-refractivity contribution is 7.99. The van der Waals surface area contributed by atoms with Gasteiger partial charge < -0.3 is 9.47 Å². The topological polar surface area (TPSA) is 55.8 Å². The zero-order valence-electron chi connectivity index (χ0n) is 14.9. The average Bonchev–Trinajstić information content (AvgIpc) is 2.68. The minimum Gasteiger partial charge on any atom is -0.463 e. The second-order valence-corrected chi connectivity index (χ2v) is 7.98. The van der Waals surface area contributed by atoms with Gasteiger partial charge in [0.1, 0.15) is 6.61 Å². The molecular weight excluding hydrogens is 409 g/mol. The van der Waals surface area contributed by atoms with E-state index in [1.807, 2.05) is 0 Å². The van der Waals surface area contributed by atoms with Crippen molar-refractivity contribution in [3.05, 3.63) is 40.9 Å². The van der Waals surface area contributed by atoms with Crippen molar-refractivity contribution in [2.45, 2.75) is 5.38 Å². The highest BCUT2D eigenvalue weighted by Crippen LogP contribution is 2.13. The zero-order chi connectivity index (χ0) is 19.5. The van der Waals surface area contributed by atoms with E-state index >= 15 is 0 Å². The molecule has 0 aromatic heterocycles. The van der Waals surface area contributed by atoms with Gasteiger partial charge in [-0.15, -0.1) is 11.6 Å². The number of benzene rings is 1. The number of ether oxygens (including phenoxy) is 2. The van der Waals surface area contributed by atoms with E-state index < -0.39 is 17.1 Å². The van der Waals surface area contributed by atoms with Crippen LogP contribution in [0.25, 0.3) is 6.08 Å². The normalized spacial score (nSPS) is 16.4. The lowest BCUT2D eigenvalue weighted by atomic mass is 10.2. The summed E-state index contributed by atoms with van der Waals surface area (Å²) in [5, 5.41) is -0.767. The summed E-state index contributed by atoms with van der Waals surface area (Å²) >= 11 is 13.5. The maximum atomic E-state index is 12.0. The molecule has 0 spiro atoms. The van der Waals surface area contributed by atoms with Crippen molar-refractivity contribution in [2.24, 2.45) is 0 Å². The SMILES string of the molecule is O=C(C=Cc1cccc(Cl)c1)C(Cl)C(=O)OCCSCCN1CCOCC1. The maximum absolute atomic E-state index is 12.0. The fourth-order valence-electron chi connectivity index (χ4n) is 2.38. The second-order valence-electron chi connectivity index (χ2n) is 5.89. The predicted octanol–water partition coefficient (Wildman–Crippen LogP) is 3.14. The summed E-state index contributed by atoms with van der Waals surface area (Å²) in [5.41, 5.74) is 0.754. The molecule has 1 unspecified atom stereocenters. The monoisotopic (exact) mass is 431 g/mol. The summed E-state index contributed by atoms with van der Waals surface area (Å²) in [7, 11) is 0. The van der Waals surface area contributed by atoms with Gasteiger partial charge in [-0.1, -0.05) is 29.8 Å². The Kier molecular flexibility index (Phi) is 10.2. The first kappa shape index (κ1) is 22.2. The smallest absolute Gasteiger partial charge is 0.332 e. The molecule has 0 saturated carbocycles. The van der Waals surface area contributed by atoms with Gasteiger partial charge in [0, 0.05) is 36.2 Å². The number of morpholine rings is 1. The molecule has 27 heavy (non-hydrogen) atoms. The molecule has 1 aromatic rings. The predicted molar refractivity (Wildman–Crippen MR) is 111 cm³/mol. The van der Waals surface area contributed by atoms with E-state index in [0.717, 1.165) is 44.2 Å². The molecule has 1 atom stereocenters. The minimum atomic E-state index is -1.33. The van der Waals surface area contributed by atoms with E-state index in [2.05, 4.69) is 4.90 Å². The van der Waals surface area contributed by atoms with Gasteiger partial charge in [-0.25, -0.2) is 4.79 Å². The number of carbonyl (C=O) groups is 2. The number of nitrogens with zero attached hydrogens (tertiary/aromatic N) is 1. The van der Waals surface area contributed by atoms with Crippen LogP contribution in [0.2, 0.25) is 5.02 Å². The van der Waals surface area contributed by atoms with Gasteiger partial charge in [0.05, 0.1) is 13.2 Å². The summed E-state index contributed by atoms with van der Waals surface area (Å²) < 4.78 is 10.4. The van der Waals surface area contributed by atoms with Crippen molar-refractivity contribution in [1.29, 1.82) is 0 Å². The molecule has 8 heteroatoms. The van der Waals surface area contributed by atoms with E-state index in [4.69, 9.17) is 32.7 Å². The van der Waals surface area contributed by atoms with Crippen molar-refractivity contribution in [1.82, 2.24) is 4.90 Å². The molecule has 0 radical (unpaired) electrons. The van der Waals surface area contributed by atoms with Crippen LogP contribution in [0, 0.1) is 0 Å². The molecule has 5 nitrogen and oxygen atoms in total. The second kappa shape index (κ2) is 12.4. The van der Waals surface area contributed by atoms with Crippen LogP contribution in [0.15, 0.2) is 30.3 Å². The molecule has 2 rings (SSSR count). The maximum Gasteiger partial charge on any atom is 0.332 e. The quantitative estimate of drug-likeness (QED) is 0.186. The Balaban J connectivity index is 1.60. The molecular formula is C19H23Cl2NO4S. The van der Waals surface area contributed by atoms with Crippen LogP contribution in [0.4, 0.5) is 0 Å². The molecule has 0 bridgehead atoms. The van der Waals surface area contributed by atoms with E-state index in [-0.39, 0.29) is 6.61 Å². The number of allylic oxidation sites excluding steroid dienone is 1. The van der Waals surface area contributed by atoms with Crippen LogP contribution in [0.3, 0.4) is 0 Å². The fourth-order valence-corrected chi connectivity index (χ4v) is 3.51. The zero-order valence-corrected chi connectivity index (χ0v) is 17.3. The van der Waals surface area contributed by atoms with Crippen molar-refractivity contribution in [3.63, 3.8) is 0 Å². The Labute approximate surface area is 174 Å². The number of alkyl halides is 1. The molecule has 0 aliphatic carbocycles. The van der Waals surface area contributed by atoms with Gasteiger partial charge in [-0.3, -0.25) is 9.69 Å². The third kappa shape index (κ3) is 8.66. The first-order valence-corrected chi connectivity index (χ1v) is 10.7. The lowest BCUT2D eigenvalue weighted by Gasteiger charge is -2.26. The lowest BCUT2D eigenvalue weighted by molar-refractivity contribution is -0.144. The molecule has 1 saturated heterocycles. The van der Waals surface area contributed by atoms with Crippen molar-refractivity contribution in [3.8, 4) is 0 Å². The molecule has 1 aromatic carbocycles. The Hall–Kier alpha value is -1.05. The van der Waals surface area contributed by atoms with E-state index in [9.17, 15) is 9.59 Å². The number of esters is 1. The number of halogens is 2. The van der Waals surface area contributed by atoms with Gasteiger partial charge in [0.2, 0.25) is 0 Å². The summed E-state index contributed by atoms with van der Waals surface area (Å²) in [5.74, 6) is 0.405. The number of rotatable bonds is 10. The van der Waals surface area contributed by atoms with Crippen molar-refractivity contribution < 1.29 is 19.1 Å². The van der Waals surface area contributed by atoms with Crippen LogP contribution in [-0.2, 0) is 19.1 Å². The Bertz CT molecular complexity index is 650. The Morgan fingerprint density at radius 3 is 2.81 bits per heavy atom. The number of hydrogen-bond acceptors (Lipinski definition) is 6. The molecule has 1 fully saturated rings. The molecule has 1 heterocycles. The highest BCUT2D eigenvalue weighted by atomic mass is 35.5. The largest absolute Gasteiger partial charge is 0.463 e. The Morgan fingerprint density at radius 2 is 2.07 bits per heavy atom. The summed E-state index contributed by atoms with van der Waals surface area (Å²) in [6.07, 6.45) is 2.83. The summed E-state index contributed by atoms with van der Waals surface area (Å²) in [6.45, 7) is 4.74. The first-order chi connectivity index (χ1) is 13.1. The average molecular weight is 432 g/mol. The standard InChI is InChI=1S/C19H23Cl2NO4S/c20-16-3-1-2-15(14-16)4-5-17(23)18(21)19(24)26-11-13-27-12-8-22-6-9-25-10-7-22/h1-5,14,18H,6-13H2. The number of ketones is 1. The number of thioether (sulfide) groups is 1. The third-order valence-corrected chi connectivity index (χ3v) is 5.43. The summed E-state index contributed by atoms with van der Waals surface area (Å²) in [6, 6.07) is 7.02. The molecule has 1 aliphatic heterocycles. The molecule has 0 amide bonds. The van der Waals surface area contributed by atoms with Crippen LogP contribution in [0.1, 0.15) is 5.56 Å². The Morgan fingerprint density at radius 1 is 1.30 bits per heavy atom. The molecule has 1 aliphatic rings. The van der Waals surface area contributed by atoms with Gasteiger partial charge in [0.25, 0.3) is 0 Å². The molecule has 0 N–H and O–H groups in total. The fraction of sp³-hybridized carbons (Fsp3) is 0.474. The van der Waals surface area contributed by atoms with Crippen LogP contribution >= 0.6 is 35.0 Å². The van der Waals surface area contributed by atoms with Gasteiger partial charge in [0.15, 0.2) is 11.2 Å². The van der Waals surface area contributed by atoms with E-state index in [0.29, 0.717) is 10.8 Å². The van der Waals surface area contributed by atoms with Crippen LogP contribution < -0.4 is 0 Å². The van der Waals surface area contributed by atoms with Gasteiger partial charge in [-0.05, 0) is 23.8 Å². The lowest BCUT2D eigenvalue weighted by Crippen LogP contribution is -2.37. The third-order valence-electron chi connectivity index (χ3n) is 3.87.